The molecule has 0 fully saturated rings. The molecule has 0 saturated heterocycles. The lowest BCUT2D eigenvalue weighted by molar-refractivity contribution is -0.122. The van der Waals surface area contributed by atoms with Gasteiger partial charge in [0.15, 0.2) is 0 Å². The second kappa shape index (κ2) is 6.88. The van der Waals surface area contributed by atoms with Crippen LogP contribution in [0.3, 0.4) is 0 Å². The fraction of sp³-hybridized carbons (Fsp3) is 0.294. The Morgan fingerprint density at radius 1 is 1.43 bits per heavy atom. The molecule has 1 heterocycles. The van der Waals surface area contributed by atoms with Crippen molar-refractivity contribution in [1.82, 2.24) is 15.1 Å². The number of carbonyl (C=O) groups is 1. The first-order valence-corrected chi connectivity index (χ1v) is 7.04. The van der Waals surface area contributed by atoms with Crippen LogP contribution in [0.5, 0.6) is 0 Å². The standard InChI is InChI=1S/C17H21N3O/c1-4-8-15(14-9-6-5-7-10-14)17(21)18-11-16-13(2)12-20(3)19-16/h4-7,9-10,12,15H,1,8,11H2,2-3H3,(H,18,21). The van der Waals surface area contributed by atoms with Crippen molar-refractivity contribution < 1.29 is 4.79 Å². The van der Waals surface area contributed by atoms with Crippen molar-refractivity contribution in [2.24, 2.45) is 7.05 Å². The molecule has 21 heavy (non-hydrogen) atoms. The maximum Gasteiger partial charge on any atom is 0.228 e. The van der Waals surface area contributed by atoms with Crippen molar-refractivity contribution in [2.75, 3.05) is 0 Å². The smallest absolute Gasteiger partial charge is 0.228 e. The zero-order chi connectivity index (χ0) is 15.2. The number of aryl methyl sites for hydroxylation is 2. The molecule has 0 radical (unpaired) electrons. The number of aromatic nitrogens is 2. The molecular weight excluding hydrogens is 262 g/mol. The van der Waals surface area contributed by atoms with Gasteiger partial charge in [-0.3, -0.25) is 9.48 Å². The van der Waals surface area contributed by atoms with Crippen LogP contribution in [0.4, 0.5) is 0 Å². The second-order valence-electron chi connectivity index (χ2n) is 5.14. The Balaban J connectivity index is 2.06. The number of allylic oxidation sites excluding steroid dienone is 1. The molecule has 1 aromatic carbocycles. The molecule has 1 atom stereocenters. The van der Waals surface area contributed by atoms with Crippen LogP contribution < -0.4 is 5.32 Å². The van der Waals surface area contributed by atoms with Gasteiger partial charge >= 0.3 is 0 Å². The first-order chi connectivity index (χ1) is 10.1. The van der Waals surface area contributed by atoms with Gasteiger partial charge in [0.05, 0.1) is 18.2 Å². The number of carbonyl (C=O) groups excluding carboxylic acids is 1. The average Bonchev–Trinajstić information content (AvgIpc) is 2.81. The van der Waals surface area contributed by atoms with E-state index in [-0.39, 0.29) is 11.8 Å². The van der Waals surface area contributed by atoms with Gasteiger partial charge in [0.1, 0.15) is 0 Å². The highest BCUT2D eigenvalue weighted by Gasteiger charge is 2.19. The Morgan fingerprint density at radius 2 is 2.14 bits per heavy atom. The number of hydrogen-bond acceptors (Lipinski definition) is 2. The van der Waals surface area contributed by atoms with E-state index in [0.29, 0.717) is 13.0 Å². The first-order valence-electron chi connectivity index (χ1n) is 7.04. The minimum absolute atomic E-state index is 0.00570. The number of amides is 1. The molecule has 1 amide bonds. The van der Waals surface area contributed by atoms with E-state index in [1.54, 1.807) is 10.8 Å². The van der Waals surface area contributed by atoms with Crippen LogP contribution in [0.15, 0.2) is 49.2 Å². The molecule has 1 N–H and O–H groups in total. The third-order valence-corrected chi connectivity index (χ3v) is 3.46. The van der Waals surface area contributed by atoms with Gasteiger partial charge in [-0.15, -0.1) is 6.58 Å². The highest BCUT2D eigenvalue weighted by Crippen LogP contribution is 2.20. The summed E-state index contributed by atoms with van der Waals surface area (Å²) in [6.45, 7) is 6.19. The Morgan fingerprint density at radius 3 is 2.71 bits per heavy atom. The van der Waals surface area contributed by atoms with Gasteiger partial charge in [0.25, 0.3) is 0 Å². The fourth-order valence-electron chi connectivity index (χ4n) is 2.37. The van der Waals surface area contributed by atoms with Gasteiger partial charge in [0, 0.05) is 13.2 Å². The Labute approximate surface area is 125 Å². The van der Waals surface area contributed by atoms with Crippen LogP contribution in [-0.2, 0) is 18.4 Å². The highest BCUT2D eigenvalue weighted by molar-refractivity contribution is 5.83. The highest BCUT2D eigenvalue weighted by atomic mass is 16.1. The second-order valence-corrected chi connectivity index (χ2v) is 5.14. The summed E-state index contributed by atoms with van der Waals surface area (Å²) in [5, 5.41) is 7.32. The normalized spacial score (nSPS) is 11.9. The molecule has 0 aliphatic heterocycles. The zero-order valence-electron chi connectivity index (χ0n) is 12.5. The maximum atomic E-state index is 12.4. The molecule has 4 heteroatoms. The molecule has 4 nitrogen and oxygen atoms in total. The van der Waals surface area contributed by atoms with Crippen LogP contribution in [0.25, 0.3) is 0 Å². The molecule has 2 aromatic rings. The monoisotopic (exact) mass is 283 g/mol. The number of hydrogen-bond donors (Lipinski definition) is 1. The third kappa shape index (κ3) is 3.81. The summed E-state index contributed by atoms with van der Waals surface area (Å²) < 4.78 is 1.76. The van der Waals surface area contributed by atoms with Gasteiger partial charge in [-0.2, -0.15) is 5.10 Å². The van der Waals surface area contributed by atoms with Crippen LogP contribution in [0.1, 0.15) is 29.2 Å². The lowest BCUT2D eigenvalue weighted by atomic mass is 9.95. The van der Waals surface area contributed by atoms with Gasteiger partial charge in [-0.05, 0) is 24.5 Å². The predicted molar refractivity (Wildman–Crippen MR) is 83.8 cm³/mol. The molecule has 0 aliphatic rings. The summed E-state index contributed by atoms with van der Waals surface area (Å²) in [5.74, 6) is -0.195. The summed E-state index contributed by atoms with van der Waals surface area (Å²) in [4.78, 5) is 12.4. The number of benzene rings is 1. The van der Waals surface area contributed by atoms with Gasteiger partial charge < -0.3 is 5.32 Å². The van der Waals surface area contributed by atoms with E-state index in [9.17, 15) is 4.79 Å². The van der Waals surface area contributed by atoms with Crippen molar-refractivity contribution >= 4 is 5.91 Å². The largest absolute Gasteiger partial charge is 0.350 e. The summed E-state index contributed by atoms with van der Waals surface area (Å²) in [7, 11) is 1.88. The molecule has 2 rings (SSSR count). The summed E-state index contributed by atoms with van der Waals surface area (Å²) in [6.07, 6.45) is 4.35. The van der Waals surface area contributed by atoms with E-state index in [0.717, 1.165) is 16.8 Å². The summed E-state index contributed by atoms with van der Waals surface area (Å²) in [5.41, 5.74) is 2.99. The van der Waals surface area contributed by atoms with Crippen LogP contribution >= 0.6 is 0 Å². The van der Waals surface area contributed by atoms with E-state index in [2.05, 4.69) is 17.0 Å². The van der Waals surface area contributed by atoms with Crippen LogP contribution in [0.2, 0.25) is 0 Å². The van der Waals surface area contributed by atoms with Crippen LogP contribution in [0, 0.1) is 6.92 Å². The molecule has 0 bridgehead atoms. The SMILES string of the molecule is C=CCC(C(=O)NCc1nn(C)cc1C)c1ccccc1. The van der Waals surface area contributed by atoms with E-state index < -0.39 is 0 Å². The predicted octanol–water partition coefficient (Wildman–Crippen LogP) is 2.70. The quantitative estimate of drug-likeness (QED) is 0.829. The first kappa shape index (κ1) is 15.0. The van der Waals surface area contributed by atoms with E-state index in [1.807, 2.05) is 50.5 Å². The van der Waals surface area contributed by atoms with E-state index >= 15 is 0 Å². The lowest BCUT2D eigenvalue weighted by Gasteiger charge is -2.15. The Hall–Kier alpha value is -2.36. The maximum absolute atomic E-state index is 12.4. The average molecular weight is 283 g/mol. The Kier molecular flexibility index (Phi) is 4.93. The fourth-order valence-corrected chi connectivity index (χ4v) is 2.37. The van der Waals surface area contributed by atoms with E-state index in [1.165, 1.54) is 0 Å². The summed E-state index contributed by atoms with van der Waals surface area (Å²) >= 11 is 0. The Bertz CT molecular complexity index is 616. The van der Waals surface area contributed by atoms with Crippen molar-refractivity contribution in [1.29, 1.82) is 0 Å². The number of nitrogens with zero attached hydrogens (tertiary/aromatic N) is 2. The van der Waals surface area contributed by atoms with E-state index in [4.69, 9.17) is 0 Å². The van der Waals surface area contributed by atoms with Gasteiger partial charge in [-0.25, -0.2) is 0 Å². The third-order valence-electron chi connectivity index (χ3n) is 3.46. The zero-order valence-corrected chi connectivity index (χ0v) is 12.5. The minimum Gasteiger partial charge on any atom is -0.350 e. The van der Waals surface area contributed by atoms with Gasteiger partial charge in [-0.1, -0.05) is 36.4 Å². The number of nitrogens with one attached hydrogen (secondary N) is 1. The van der Waals surface area contributed by atoms with Gasteiger partial charge in [0.2, 0.25) is 5.91 Å². The topological polar surface area (TPSA) is 46.9 Å². The molecule has 0 spiro atoms. The van der Waals surface area contributed by atoms with Crippen molar-refractivity contribution in [3.63, 3.8) is 0 Å². The lowest BCUT2D eigenvalue weighted by Crippen LogP contribution is -2.29. The van der Waals surface area contributed by atoms with Crippen molar-refractivity contribution in [3.8, 4) is 0 Å². The van der Waals surface area contributed by atoms with Crippen molar-refractivity contribution in [3.05, 3.63) is 66.0 Å². The molecule has 110 valence electrons. The van der Waals surface area contributed by atoms with Crippen molar-refractivity contribution in [2.45, 2.75) is 25.8 Å². The molecule has 1 aromatic heterocycles. The minimum atomic E-state index is -0.201. The molecular formula is C17H21N3O. The number of rotatable bonds is 6. The molecule has 0 aliphatic carbocycles. The molecule has 0 saturated carbocycles. The van der Waals surface area contributed by atoms with Crippen LogP contribution in [-0.4, -0.2) is 15.7 Å². The molecule has 1 unspecified atom stereocenters. The summed E-state index contributed by atoms with van der Waals surface area (Å²) in [6, 6.07) is 9.78.